The molecule has 1 saturated heterocycles. The predicted octanol–water partition coefficient (Wildman–Crippen LogP) is 2.70. The number of carbonyl (C=O) groups excluding carboxylic acids is 1. The summed E-state index contributed by atoms with van der Waals surface area (Å²) in [5.74, 6) is 0.698. The van der Waals surface area contributed by atoms with Crippen molar-refractivity contribution in [1.29, 1.82) is 0 Å². The zero-order chi connectivity index (χ0) is 19.3. The molecule has 2 aromatic carbocycles. The molecule has 1 aliphatic heterocycles. The Morgan fingerprint density at radius 2 is 1.82 bits per heavy atom. The van der Waals surface area contributed by atoms with Gasteiger partial charge >= 0.3 is 6.03 Å². The number of fused-ring (bicyclic) bond motifs is 1. The normalized spacial score (nSPS) is 14.1. The first-order valence-corrected chi connectivity index (χ1v) is 9.46. The monoisotopic (exact) mass is 376 g/mol. The van der Waals surface area contributed by atoms with Gasteiger partial charge in [-0.25, -0.2) is 14.8 Å². The molecule has 0 bridgehead atoms. The number of nitrogens with one attached hydrogen (secondary N) is 2. The number of piperazine rings is 1. The Balaban J connectivity index is 1.36. The molecule has 2 amide bonds. The number of hydrogen-bond acceptors (Lipinski definition) is 5. The first-order valence-electron chi connectivity index (χ1n) is 9.46. The van der Waals surface area contributed by atoms with Gasteiger partial charge in [0, 0.05) is 39.8 Å². The van der Waals surface area contributed by atoms with Gasteiger partial charge in [0.2, 0.25) is 5.95 Å². The third-order valence-electron chi connectivity index (χ3n) is 4.87. The number of nitrogens with zero attached hydrogens (tertiary/aromatic N) is 4. The zero-order valence-electron chi connectivity index (χ0n) is 15.9. The van der Waals surface area contributed by atoms with Crippen molar-refractivity contribution < 1.29 is 4.79 Å². The quantitative estimate of drug-likeness (QED) is 0.732. The Bertz CT molecular complexity index is 953. The lowest BCUT2D eigenvalue weighted by Crippen LogP contribution is -2.44. The molecule has 1 aliphatic rings. The van der Waals surface area contributed by atoms with Crippen molar-refractivity contribution in [2.45, 2.75) is 6.54 Å². The number of benzene rings is 2. The molecule has 7 nitrogen and oxygen atoms in total. The van der Waals surface area contributed by atoms with Gasteiger partial charge in [0.05, 0.1) is 18.1 Å². The minimum absolute atomic E-state index is 0.188. The molecule has 7 heteroatoms. The van der Waals surface area contributed by atoms with Crippen LogP contribution in [0, 0.1) is 0 Å². The first kappa shape index (κ1) is 18.2. The summed E-state index contributed by atoms with van der Waals surface area (Å²) in [5.41, 5.74) is 1.68. The topological polar surface area (TPSA) is 73.4 Å². The summed E-state index contributed by atoms with van der Waals surface area (Å²) in [5, 5.41) is 8.53. The second-order valence-electron chi connectivity index (χ2n) is 6.98. The van der Waals surface area contributed by atoms with E-state index in [-0.39, 0.29) is 6.03 Å². The van der Waals surface area contributed by atoms with Gasteiger partial charge in [-0.1, -0.05) is 36.4 Å². The molecule has 1 aromatic heterocycles. The average Bonchev–Trinajstić information content (AvgIpc) is 2.75. The minimum Gasteiger partial charge on any atom is -0.338 e. The molecule has 0 atom stereocenters. The van der Waals surface area contributed by atoms with Gasteiger partial charge in [-0.2, -0.15) is 0 Å². The van der Waals surface area contributed by atoms with Crippen LogP contribution in [0.25, 0.3) is 10.8 Å². The molecule has 4 rings (SSSR count). The van der Waals surface area contributed by atoms with E-state index in [4.69, 9.17) is 0 Å². The molecule has 0 saturated carbocycles. The second-order valence-corrected chi connectivity index (χ2v) is 6.98. The highest BCUT2D eigenvalue weighted by Crippen LogP contribution is 2.17. The van der Waals surface area contributed by atoms with Gasteiger partial charge < -0.3 is 20.4 Å². The van der Waals surface area contributed by atoms with Crippen LogP contribution in [0.4, 0.5) is 16.4 Å². The van der Waals surface area contributed by atoms with Crippen LogP contribution >= 0.6 is 0 Å². The molecule has 2 N–H and O–H groups in total. The smallest absolute Gasteiger partial charge is 0.321 e. The van der Waals surface area contributed by atoms with Crippen molar-refractivity contribution in [2.24, 2.45) is 0 Å². The van der Waals surface area contributed by atoms with Crippen molar-refractivity contribution in [3.63, 3.8) is 0 Å². The van der Waals surface area contributed by atoms with Crippen LogP contribution in [0.1, 0.15) is 5.56 Å². The third-order valence-corrected chi connectivity index (χ3v) is 4.87. The van der Waals surface area contributed by atoms with Crippen LogP contribution in [0.5, 0.6) is 0 Å². The largest absolute Gasteiger partial charge is 0.338 e. The zero-order valence-corrected chi connectivity index (χ0v) is 15.9. The van der Waals surface area contributed by atoms with Crippen molar-refractivity contribution in [1.82, 2.24) is 20.2 Å². The fourth-order valence-corrected chi connectivity index (χ4v) is 3.32. The Morgan fingerprint density at radius 3 is 2.57 bits per heavy atom. The number of aromatic nitrogens is 2. The van der Waals surface area contributed by atoms with Gasteiger partial charge in [-0.15, -0.1) is 0 Å². The third kappa shape index (κ3) is 4.20. The number of rotatable bonds is 4. The molecule has 3 aromatic rings. The van der Waals surface area contributed by atoms with E-state index >= 15 is 0 Å². The maximum atomic E-state index is 12.5. The Kier molecular flexibility index (Phi) is 5.34. The predicted molar refractivity (Wildman–Crippen MR) is 112 cm³/mol. The van der Waals surface area contributed by atoms with Crippen LogP contribution < -0.4 is 15.5 Å². The van der Waals surface area contributed by atoms with Gasteiger partial charge in [0.1, 0.15) is 0 Å². The molecule has 0 aliphatic carbocycles. The molecular weight excluding hydrogens is 352 g/mol. The maximum Gasteiger partial charge on any atom is 0.321 e. The summed E-state index contributed by atoms with van der Waals surface area (Å²) < 4.78 is 0. The van der Waals surface area contributed by atoms with Gasteiger partial charge in [-0.05, 0) is 22.4 Å². The molecule has 0 spiro atoms. The van der Waals surface area contributed by atoms with Gasteiger partial charge in [0.15, 0.2) is 0 Å². The lowest BCUT2D eigenvalue weighted by molar-refractivity contribution is 0.220. The Labute approximate surface area is 164 Å². The van der Waals surface area contributed by atoms with Crippen molar-refractivity contribution in [3.05, 3.63) is 60.4 Å². The van der Waals surface area contributed by atoms with E-state index < -0.39 is 0 Å². The molecule has 28 heavy (non-hydrogen) atoms. The molecule has 0 radical (unpaired) electrons. The van der Waals surface area contributed by atoms with Crippen LogP contribution in [0.15, 0.2) is 54.9 Å². The summed E-state index contributed by atoms with van der Waals surface area (Å²) in [6, 6.07) is 14.3. The second kappa shape index (κ2) is 8.22. The number of anilines is 2. The summed E-state index contributed by atoms with van der Waals surface area (Å²) in [6.45, 7) is 4.17. The number of urea groups is 1. The van der Waals surface area contributed by atoms with Crippen molar-refractivity contribution >= 4 is 28.4 Å². The fourth-order valence-electron chi connectivity index (χ4n) is 3.32. The minimum atomic E-state index is -0.188. The van der Waals surface area contributed by atoms with Crippen LogP contribution in [0.2, 0.25) is 0 Å². The van der Waals surface area contributed by atoms with E-state index in [1.165, 1.54) is 10.8 Å². The number of hydrogen-bond donors (Lipinski definition) is 2. The van der Waals surface area contributed by atoms with Gasteiger partial charge in [-0.3, -0.25) is 0 Å². The maximum absolute atomic E-state index is 12.5. The van der Waals surface area contributed by atoms with Crippen LogP contribution in [-0.4, -0.2) is 54.1 Å². The summed E-state index contributed by atoms with van der Waals surface area (Å²) in [7, 11) is 1.78. The number of carbonyl (C=O) groups is 1. The first-order chi connectivity index (χ1) is 13.7. The lowest BCUT2D eigenvalue weighted by Gasteiger charge is -2.27. The van der Waals surface area contributed by atoms with Gasteiger partial charge in [0.25, 0.3) is 0 Å². The van der Waals surface area contributed by atoms with E-state index in [0.29, 0.717) is 18.2 Å². The highest BCUT2D eigenvalue weighted by Gasteiger charge is 2.14. The van der Waals surface area contributed by atoms with E-state index in [2.05, 4.69) is 55.8 Å². The van der Waals surface area contributed by atoms with Crippen molar-refractivity contribution in [2.75, 3.05) is 43.4 Å². The Morgan fingerprint density at radius 1 is 1.11 bits per heavy atom. The molecule has 1 fully saturated rings. The molecule has 2 heterocycles. The van der Waals surface area contributed by atoms with Crippen LogP contribution in [-0.2, 0) is 6.54 Å². The molecule has 144 valence electrons. The number of amides is 2. The summed E-state index contributed by atoms with van der Waals surface area (Å²) >= 11 is 0. The van der Waals surface area contributed by atoms with Crippen molar-refractivity contribution in [3.8, 4) is 0 Å². The van der Waals surface area contributed by atoms with E-state index in [1.807, 2.05) is 12.1 Å². The van der Waals surface area contributed by atoms with E-state index in [0.717, 1.165) is 31.7 Å². The standard InChI is InChI=1S/C21H24N6O/c1-26(15-16-6-7-17-4-2-3-5-18(17)12-16)21(28)25-19-13-23-20(24-14-19)27-10-8-22-9-11-27/h2-7,12-14,22H,8-11,15H2,1H3,(H,25,28). The lowest BCUT2D eigenvalue weighted by atomic mass is 10.1. The molecule has 0 unspecified atom stereocenters. The van der Waals surface area contributed by atoms with Crippen LogP contribution in [0.3, 0.4) is 0 Å². The molecular formula is C21H24N6O. The Hall–Kier alpha value is -3.19. The van der Waals surface area contributed by atoms with E-state index in [9.17, 15) is 4.79 Å². The average molecular weight is 376 g/mol. The SMILES string of the molecule is CN(Cc1ccc2ccccc2c1)C(=O)Nc1cnc(N2CCNCC2)nc1. The highest BCUT2D eigenvalue weighted by molar-refractivity contribution is 5.89. The summed E-state index contributed by atoms with van der Waals surface area (Å²) in [6.07, 6.45) is 3.32. The highest BCUT2D eigenvalue weighted by atomic mass is 16.2. The summed E-state index contributed by atoms with van der Waals surface area (Å²) in [4.78, 5) is 25.1. The fraction of sp³-hybridized carbons (Fsp3) is 0.286. The van der Waals surface area contributed by atoms with E-state index in [1.54, 1.807) is 24.3 Å².